The first kappa shape index (κ1) is 27.7. The average molecular weight is 665 g/mol. The summed E-state index contributed by atoms with van der Waals surface area (Å²) >= 11 is 0. The molecule has 4 aromatic heterocycles. The van der Waals surface area contributed by atoms with Crippen LogP contribution >= 0.6 is 0 Å². The van der Waals surface area contributed by atoms with Gasteiger partial charge in [0, 0.05) is 43.7 Å². The van der Waals surface area contributed by atoms with E-state index in [1.165, 1.54) is 10.8 Å². The Morgan fingerprint density at radius 3 is 1.21 bits per heavy atom. The number of nitrogens with zero attached hydrogens (tertiary/aromatic N) is 2. The Morgan fingerprint density at radius 1 is 0.308 bits per heavy atom. The van der Waals surface area contributed by atoms with Gasteiger partial charge in [0.05, 0.1) is 32.8 Å². The average Bonchev–Trinajstić information content (AvgIpc) is 3.95. The molecule has 12 aromatic rings. The molecule has 0 aliphatic carbocycles. The highest BCUT2D eigenvalue weighted by molar-refractivity contribution is 6.25. The van der Waals surface area contributed by atoms with Crippen molar-refractivity contribution in [2.24, 2.45) is 0 Å². The molecule has 0 atom stereocenters. The topological polar surface area (TPSA) is 36.1 Å². The van der Waals surface area contributed by atoms with Gasteiger partial charge in [-0.2, -0.15) is 0 Å². The quantitative estimate of drug-likeness (QED) is 0.188. The minimum Gasteiger partial charge on any atom is -0.455 e. The van der Waals surface area contributed by atoms with Crippen molar-refractivity contribution in [2.75, 3.05) is 0 Å². The summed E-state index contributed by atoms with van der Waals surface area (Å²) in [6.45, 7) is 0. The molecule has 0 saturated heterocycles. The van der Waals surface area contributed by atoms with Gasteiger partial charge in [-0.1, -0.05) is 97.1 Å². The van der Waals surface area contributed by atoms with Gasteiger partial charge in [0.15, 0.2) is 0 Å². The molecule has 0 N–H and O–H groups in total. The standard InChI is InChI=1S/C48H28N2O2/c1-5-19-39-37(17-1)45-41(25-23-35-33-15-3-7-21-43(33)51-47(35)45)49(39)31-13-9-11-29(27-31)30-12-10-14-32(28-30)50-40-20-6-2-18-38(40)46-42(50)26-24-36-34-16-4-8-22-44(34)52-48(36)46/h1-28H. The highest BCUT2D eigenvalue weighted by atomic mass is 16.3. The molecule has 0 spiro atoms. The van der Waals surface area contributed by atoms with E-state index in [9.17, 15) is 0 Å². The van der Waals surface area contributed by atoms with E-state index in [1.807, 2.05) is 12.1 Å². The van der Waals surface area contributed by atoms with Crippen molar-refractivity contribution in [1.29, 1.82) is 0 Å². The Hall–Kier alpha value is -7.04. The van der Waals surface area contributed by atoms with E-state index in [4.69, 9.17) is 8.83 Å². The molecule has 0 radical (unpaired) electrons. The lowest BCUT2D eigenvalue weighted by Crippen LogP contribution is -1.96. The summed E-state index contributed by atoms with van der Waals surface area (Å²) < 4.78 is 17.8. The fourth-order valence-corrected chi connectivity index (χ4v) is 8.68. The third kappa shape index (κ3) is 3.70. The number of fused-ring (bicyclic) bond motifs is 14. The highest BCUT2D eigenvalue weighted by Crippen LogP contribution is 2.43. The van der Waals surface area contributed by atoms with Crippen LogP contribution in [0.4, 0.5) is 0 Å². The Labute approximate surface area is 296 Å². The van der Waals surface area contributed by atoms with Crippen LogP contribution in [-0.2, 0) is 0 Å². The third-order valence-corrected chi connectivity index (χ3v) is 10.9. The molecule has 0 saturated carbocycles. The maximum atomic E-state index is 6.54. The zero-order valence-electron chi connectivity index (χ0n) is 27.9. The third-order valence-electron chi connectivity index (χ3n) is 10.9. The van der Waals surface area contributed by atoms with Crippen LogP contribution in [0.3, 0.4) is 0 Å². The molecule has 0 unspecified atom stereocenters. The van der Waals surface area contributed by atoms with Crippen molar-refractivity contribution in [1.82, 2.24) is 9.13 Å². The van der Waals surface area contributed by atoms with Crippen LogP contribution in [-0.4, -0.2) is 9.13 Å². The van der Waals surface area contributed by atoms with Crippen molar-refractivity contribution >= 4 is 87.5 Å². The minimum absolute atomic E-state index is 0.911. The maximum Gasteiger partial charge on any atom is 0.145 e. The maximum absolute atomic E-state index is 6.54. The largest absolute Gasteiger partial charge is 0.455 e. The Morgan fingerprint density at radius 2 is 0.731 bits per heavy atom. The van der Waals surface area contributed by atoms with Crippen LogP contribution in [0.1, 0.15) is 0 Å². The van der Waals surface area contributed by atoms with Gasteiger partial charge in [-0.05, 0) is 83.9 Å². The second-order valence-electron chi connectivity index (χ2n) is 13.7. The lowest BCUT2D eigenvalue weighted by molar-refractivity contribution is 0.672. The molecular formula is C48H28N2O2. The van der Waals surface area contributed by atoms with Crippen LogP contribution < -0.4 is 0 Å². The van der Waals surface area contributed by atoms with Gasteiger partial charge in [-0.25, -0.2) is 0 Å². The van der Waals surface area contributed by atoms with Crippen molar-refractivity contribution in [2.45, 2.75) is 0 Å². The number of hydrogen-bond acceptors (Lipinski definition) is 2. The molecule has 0 amide bonds. The molecule has 0 bridgehead atoms. The van der Waals surface area contributed by atoms with Crippen molar-refractivity contribution in [3.8, 4) is 22.5 Å². The van der Waals surface area contributed by atoms with Gasteiger partial charge < -0.3 is 18.0 Å². The predicted molar refractivity (Wildman–Crippen MR) is 215 cm³/mol. The van der Waals surface area contributed by atoms with Gasteiger partial charge in [0.2, 0.25) is 0 Å². The first-order chi connectivity index (χ1) is 25.8. The Bertz CT molecular complexity index is 3190. The number of hydrogen-bond donors (Lipinski definition) is 0. The monoisotopic (exact) mass is 664 g/mol. The molecular weight excluding hydrogens is 637 g/mol. The van der Waals surface area contributed by atoms with Gasteiger partial charge in [0.25, 0.3) is 0 Å². The van der Waals surface area contributed by atoms with Crippen LogP contribution in [0, 0.1) is 0 Å². The molecule has 0 aliphatic heterocycles. The summed E-state index contributed by atoms with van der Waals surface area (Å²) in [5.74, 6) is 0. The lowest BCUT2D eigenvalue weighted by Gasteiger charge is -2.12. The summed E-state index contributed by atoms with van der Waals surface area (Å²) in [6, 6.07) is 60.5. The van der Waals surface area contributed by atoms with Gasteiger partial charge in [0.1, 0.15) is 22.3 Å². The number of benzene rings is 8. The fraction of sp³-hybridized carbons (Fsp3) is 0. The SMILES string of the molecule is c1cc(-c2cccc(-n3c4ccccc4c4c5oc6ccccc6c5ccc43)c2)cc(-n2c3ccccc3c3c4oc5ccccc5c4ccc32)c1. The zero-order valence-corrected chi connectivity index (χ0v) is 27.9. The molecule has 4 nitrogen and oxygen atoms in total. The van der Waals surface area contributed by atoms with Crippen LogP contribution in [0.2, 0.25) is 0 Å². The van der Waals surface area contributed by atoms with Crippen LogP contribution in [0.5, 0.6) is 0 Å². The van der Waals surface area contributed by atoms with E-state index in [-0.39, 0.29) is 0 Å². The van der Waals surface area contributed by atoms with E-state index in [1.54, 1.807) is 0 Å². The molecule has 4 heteroatoms. The van der Waals surface area contributed by atoms with Gasteiger partial charge in [-0.3, -0.25) is 0 Å². The smallest absolute Gasteiger partial charge is 0.145 e. The van der Waals surface area contributed by atoms with Crippen LogP contribution in [0.25, 0.3) is 110 Å². The molecule has 52 heavy (non-hydrogen) atoms. The number of rotatable bonds is 3. The summed E-state index contributed by atoms with van der Waals surface area (Å²) in [7, 11) is 0. The molecule has 242 valence electrons. The predicted octanol–water partition coefficient (Wildman–Crippen LogP) is 13.3. The first-order valence-corrected chi connectivity index (χ1v) is 17.7. The summed E-state index contributed by atoms with van der Waals surface area (Å²) in [5, 5.41) is 9.21. The lowest BCUT2D eigenvalue weighted by atomic mass is 10.0. The molecule has 12 rings (SSSR count). The highest BCUT2D eigenvalue weighted by Gasteiger charge is 2.20. The molecule has 8 aromatic carbocycles. The van der Waals surface area contributed by atoms with E-state index in [0.29, 0.717) is 0 Å². The molecule has 4 heterocycles. The van der Waals surface area contributed by atoms with Crippen LogP contribution in [0.15, 0.2) is 179 Å². The zero-order chi connectivity index (χ0) is 33.9. The van der Waals surface area contributed by atoms with E-state index >= 15 is 0 Å². The van der Waals surface area contributed by atoms with E-state index in [2.05, 4.69) is 167 Å². The second-order valence-corrected chi connectivity index (χ2v) is 13.7. The number of para-hydroxylation sites is 4. The van der Waals surface area contributed by atoms with E-state index in [0.717, 1.165) is 99.2 Å². The van der Waals surface area contributed by atoms with Crippen molar-refractivity contribution in [3.63, 3.8) is 0 Å². The normalized spacial score (nSPS) is 12.2. The number of aromatic nitrogens is 2. The fourth-order valence-electron chi connectivity index (χ4n) is 8.68. The van der Waals surface area contributed by atoms with Gasteiger partial charge >= 0.3 is 0 Å². The first-order valence-electron chi connectivity index (χ1n) is 17.7. The summed E-state index contributed by atoms with van der Waals surface area (Å²) in [6.07, 6.45) is 0. The van der Waals surface area contributed by atoms with E-state index < -0.39 is 0 Å². The van der Waals surface area contributed by atoms with Crippen molar-refractivity contribution < 1.29 is 8.83 Å². The second kappa shape index (κ2) is 10.3. The Balaban J connectivity index is 1.05. The minimum atomic E-state index is 0.911. The van der Waals surface area contributed by atoms with Crippen molar-refractivity contribution in [3.05, 3.63) is 170 Å². The summed E-state index contributed by atoms with van der Waals surface area (Å²) in [5.41, 5.74) is 12.8. The molecule has 0 fully saturated rings. The van der Waals surface area contributed by atoms with Gasteiger partial charge in [-0.15, -0.1) is 0 Å². The molecule has 0 aliphatic rings. The summed E-state index contributed by atoms with van der Waals surface area (Å²) in [4.78, 5) is 0. The Kier molecular flexibility index (Phi) is 5.47. The number of furan rings is 2.